The molecule has 6 nitrogen and oxygen atoms in total. The zero-order chi connectivity index (χ0) is 10.1. The molecule has 13 heavy (non-hydrogen) atoms. The lowest BCUT2D eigenvalue weighted by Gasteiger charge is -2.07. The number of carbonyl (C=O) groups is 2. The van der Waals surface area contributed by atoms with Crippen LogP contribution in [0.2, 0.25) is 0 Å². The highest BCUT2D eigenvalue weighted by molar-refractivity contribution is 7.92. The van der Waals surface area contributed by atoms with Crippen LogP contribution in [0.1, 0.15) is 6.42 Å². The van der Waals surface area contributed by atoms with Gasteiger partial charge in [0, 0.05) is 13.0 Å². The molecule has 1 fully saturated rings. The molecule has 1 atom stereocenters. The van der Waals surface area contributed by atoms with Crippen molar-refractivity contribution in [1.29, 1.82) is 0 Å². The highest BCUT2D eigenvalue weighted by Gasteiger charge is 2.35. The van der Waals surface area contributed by atoms with Crippen LogP contribution in [-0.2, 0) is 19.4 Å². The lowest BCUT2D eigenvalue weighted by molar-refractivity contribution is -0.136. The molecule has 1 saturated heterocycles. The Balaban J connectivity index is 2.94. The fraction of sp³-hybridized carbons (Fsp3) is 0.667. The van der Waals surface area contributed by atoms with Crippen molar-refractivity contribution in [2.45, 2.75) is 11.7 Å². The molecule has 0 aliphatic carbocycles. The Labute approximate surface area is 74.9 Å². The summed E-state index contributed by atoms with van der Waals surface area (Å²) >= 11 is 0. The van der Waals surface area contributed by atoms with Gasteiger partial charge in [0.05, 0.1) is 5.75 Å². The maximum absolute atomic E-state index is 11.2. The van der Waals surface area contributed by atoms with E-state index < -0.39 is 32.7 Å². The van der Waals surface area contributed by atoms with Crippen molar-refractivity contribution in [3.05, 3.63) is 0 Å². The van der Waals surface area contributed by atoms with E-state index >= 15 is 0 Å². The van der Waals surface area contributed by atoms with Gasteiger partial charge in [-0.15, -0.1) is 0 Å². The quantitative estimate of drug-likeness (QED) is 0.538. The molecule has 0 saturated carbocycles. The molecule has 1 rings (SSSR count). The van der Waals surface area contributed by atoms with Crippen LogP contribution in [0.25, 0.3) is 0 Å². The summed E-state index contributed by atoms with van der Waals surface area (Å²) in [6, 6.07) is 0. The minimum atomic E-state index is -3.68. The Hall–Kier alpha value is -1.11. The van der Waals surface area contributed by atoms with Crippen molar-refractivity contribution in [3.8, 4) is 0 Å². The molecule has 0 aromatic heterocycles. The summed E-state index contributed by atoms with van der Waals surface area (Å²) in [5.74, 6) is -2.23. The molecule has 0 aromatic rings. The van der Waals surface area contributed by atoms with E-state index in [-0.39, 0.29) is 13.0 Å². The Morgan fingerprint density at radius 3 is 2.69 bits per heavy atom. The second kappa shape index (κ2) is 3.33. The lowest BCUT2D eigenvalue weighted by Crippen LogP contribution is -2.38. The predicted octanol–water partition coefficient (Wildman–Crippen LogP) is -1.63. The monoisotopic (exact) mass is 207 g/mol. The van der Waals surface area contributed by atoms with Gasteiger partial charge in [-0.3, -0.25) is 9.59 Å². The number of carbonyl (C=O) groups excluding carboxylic acids is 1. The molecule has 7 heteroatoms. The molecule has 2 N–H and O–H groups in total. The fourth-order valence-electron chi connectivity index (χ4n) is 1.04. The van der Waals surface area contributed by atoms with Crippen molar-refractivity contribution in [2.75, 3.05) is 12.3 Å². The van der Waals surface area contributed by atoms with E-state index in [1.165, 1.54) is 0 Å². The zero-order valence-corrected chi connectivity index (χ0v) is 7.50. The smallest absolute Gasteiger partial charge is 0.323 e. The van der Waals surface area contributed by atoms with Crippen LogP contribution in [0.4, 0.5) is 0 Å². The minimum absolute atomic E-state index is 0.161. The normalized spacial score (nSPS) is 27.4. The third kappa shape index (κ3) is 2.18. The highest BCUT2D eigenvalue weighted by atomic mass is 32.2. The largest absolute Gasteiger partial charge is 0.480 e. The first-order chi connectivity index (χ1) is 5.93. The number of rotatable bonds is 1. The Morgan fingerprint density at radius 1 is 1.54 bits per heavy atom. The molecular weight excluding hydrogens is 198 g/mol. The maximum Gasteiger partial charge on any atom is 0.323 e. The molecular formula is C6H9NO5S. The summed E-state index contributed by atoms with van der Waals surface area (Å²) in [7, 11) is -3.68. The molecule has 1 aliphatic heterocycles. The Bertz CT molecular complexity index is 333. The second-order valence-electron chi connectivity index (χ2n) is 2.75. The van der Waals surface area contributed by atoms with E-state index in [9.17, 15) is 18.0 Å². The minimum Gasteiger partial charge on any atom is -0.480 e. The van der Waals surface area contributed by atoms with Crippen LogP contribution in [0.3, 0.4) is 0 Å². The van der Waals surface area contributed by atoms with E-state index in [1.807, 2.05) is 0 Å². The number of amides is 1. The van der Waals surface area contributed by atoms with Gasteiger partial charge in [0.15, 0.2) is 15.1 Å². The highest BCUT2D eigenvalue weighted by Crippen LogP contribution is 2.07. The summed E-state index contributed by atoms with van der Waals surface area (Å²) in [6.45, 7) is -0.337. The van der Waals surface area contributed by atoms with E-state index in [4.69, 9.17) is 5.11 Å². The van der Waals surface area contributed by atoms with E-state index in [1.54, 1.807) is 0 Å². The summed E-state index contributed by atoms with van der Waals surface area (Å²) < 4.78 is 22.4. The average Bonchev–Trinajstić information content (AvgIpc) is 2.11. The van der Waals surface area contributed by atoms with Crippen LogP contribution >= 0.6 is 0 Å². The molecule has 1 unspecified atom stereocenters. The molecule has 1 aliphatic rings. The Kier molecular flexibility index (Phi) is 2.55. The summed E-state index contributed by atoms with van der Waals surface area (Å²) in [4.78, 5) is 21.3. The van der Waals surface area contributed by atoms with Gasteiger partial charge in [-0.05, 0) is 0 Å². The van der Waals surface area contributed by atoms with Crippen LogP contribution in [0.5, 0.6) is 0 Å². The fourth-order valence-corrected chi connectivity index (χ4v) is 2.44. The SMILES string of the molecule is O=C1CCS(=O)(=O)C(C(=O)O)CN1. The number of nitrogens with one attached hydrogen (secondary N) is 1. The van der Waals surface area contributed by atoms with Gasteiger partial charge in [0.25, 0.3) is 0 Å². The first kappa shape index (κ1) is 9.97. The number of hydrogen-bond acceptors (Lipinski definition) is 4. The number of aliphatic carboxylic acids is 1. The van der Waals surface area contributed by atoms with Gasteiger partial charge in [-0.25, -0.2) is 8.42 Å². The van der Waals surface area contributed by atoms with E-state index in [0.717, 1.165) is 0 Å². The van der Waals surface area contributed by atoms with Gasteiger partial charge in [0.1, 0.15) is 0 Å². The van der Waals surface area contributed by atoms with Crippen molar-refractivity contribution < 1.29 is 23.1 Å². The maximum atomic E-state index is 11.2. The number of carboxylic acids is 1. The number of carboxylic acid groups (broad SMARTS) is 1. The third-order valence-electron chi connectivity index (χ3n) is 1.81. The van der Waals surface area contributed by atoms with Gasteiger partial charge in [-0.2, -0.15) is 0 Å². The van der Waals surface area contributed by atoms with Crippen LogP contribution in [-0.4, -0.2) is 42.9 Å². The molecule has 1 heterocycles. The summed E-state index contributed by atoms with van der Waals surface area (Å²) in [6.07, 6.45) is -0.161. The zero-order valence-electron chi connectivity index (χ0n) is 6.69. The van der Waals surface area contributed by atoms with Crippen molar-refractivity contribution in [2.24, 2.45) is 0 Å². The molecule has 74 valence electrons. The van der Waals surface area contributed by atoms with Crippen molar-refractivity contribution in [3.63, 3.8) is 0 Å². The molecule has 0 spiro atoms. The molecule has 0 radical (unpaired) electrons. The topological polar surface area (TPSA) is 101 Å². The van der Waals surface area contributed by atoms with Crippen molar-refractivity contribution >= 4 is 21.7 Å². The molecule has 0 bridgehead atoms. The van der Waals surface area contributed by atoms with Crippen LogP contribution in [0.15, 0.2) is 0 Å². The first-order valence-electron chi connectivity index (χ1n) is 3.64. The third-order valence-corrected chi connectivity index (χ3v) is 3.82. The van der Waals surface area contributed by atoms with Gasteiger partial charge < -0.3 is 10.4 Å². The van der Waals surface area contributed by atoms with Gasteiger partial charge >= 0.3 is 5.97 Å². The Morgan fingerprint density at radius 2 is 2.15 bits per heavy atom. The van der Waals surface area contributed by atoms with E-state index in [0.29, 0.717) is 0 Å². The molecule has 0 aromatic carbocycles. The summed E-state index contributed by atoms with van der Waals surface area (Å²) in [5.41, 5.74) is 0. The van der Waals surface area contributed by atoms with Crippen molar-refractivity contribution in [1.82, 2.24) is 5.32 Å². The average molecular weight is 207 g/mol. The first-order valence-corrected chi connectivity index (χ1v) is 5.36. The number of sulfone groups is 1. The number of hydrogen-bond donors (Lipinski definition) is 2. The predicted molar refractivity (Wildman–Crippen MR) is 42.8 cm³/mol. The second-order valence-corrected chi connectivity index (χ2v) is 5.05. The summed E-state index contributed by atoms with van der Waals surface area (Å²) in [5, 5.41) is 9.29. The standard InChI is InChI=1S/C6H9NO5S/c8-5-1-2-13(11,12)4(3-7-5)6(9)10/h4H,1-3H2,(H,7,8)(H,9,10). The lowest BCUT2D eigenvalue weighted by atomic mass is 10.4. The van der Waals surface area contributed by atoms with Gasteiger partial charge in [-0.1, -0.05) is 0 Å². The molecule has 1 amide bonds. The van der Waals surface area contributed by atoms with Crippen LogP contribution < -0.4 is 5.32 Å². The van der Waals surface area contributed by atoms with Crippen LogP contribution in [0, 0.1) is 0 Å². The van der Waals surface area contributed by atoms with Gasteiger partial charge in [0.2, 0.25) is 5.91 Å². The van der Waals surface area contributed by atoms with E-state index in [2.05, 4.69) is 5.32 Å².